The van der Waals surface area contributed by atoms with Crippen molar-refractivity contribution < 1.29 is 0 Å². The first-order valence-electron chi connectivity index (χ1n) is 6.98. The molecule has 3 nitrogen and oxygen atoms in total. The Labute approximate surface area is 106 Å². The number of unbranched alkanes of at least 4 members (excludes halogenated alkanes) is 1. The van der Waals surface area contributed by atoms with E-state index in [1.165, 1.54) is 25.8 Å². The topological polar surface area (TPSA) is 39.1 Å². The number of nitrogens with zero attached hydrogens (tertiary/aromatic N) is 2. The zero-order chi connectivity index (χ0) is 12.7. The van der Waals surface area contributed by atoms with Gasteiger partial charge >= 0.3 is 0 Å². The minimum Gasteiger partial charge on any atom is -0.303 e. The highest BCUT2D eigenvalue weighted by molar-refractivity contribution is 5.03. The van der Waals surface area contributed by atoms with Gasteiger partial charge in [0.25, 0.3) is 0 Å². The van der Waals surface area contributed by atoms with Gasteiger partial charge in [0.1, 0.15) is 5.54 Å². The van der Waals surface area contributed by atoms with Gasteiger partial charge in [-0.3, -0.25) is 5.32 Å². The van der Waals surface area contributed by atoms with Crippen LogP contribution in [0.4, 0.5) is 0 Å². The molecule has 1 N–H and O–H groups in total. The van der Waals surface area contributed by atoms with Crippen molar-refractivity contribution in [2.75, 3.05) is 20.1 Å². The van der Waals surface area contributed by atoms with E-state index in [-0.39, 0.29) is 5.54 Å². The Kier molecular flexibility index (Phi) is 5.94. The van der Waals surface area contributed by atoms with Crippen molar-refractivity contribution in [3.8, 4) is 6.07 Å². The van der Waals surface area contributed by atoms with E-state index in [2.05, 4.69) is 30.3 Å². The zero-order valence-electron chi connectivity index (χ0n) is 11.6. The van der Waals surface area contributed by atoms with E-state index >= 15 is 0 Å². The van der Waals surface area contributed by atoms with Crippen LogP contribution >= 0.6 is 0 Å². The zero-order valence-corrected chi connectivity index (χ0v) is 11.6. The van der Waals surface area contributed by atoms with Gasteiger partial charge in [0.05, 0.1) is 6.07 Å². The Bertz CT molecular complexity index is 255. The molecule has 17 heavy (non-hydrogen) atoms. The monoisotopic (exact) mass is 237 g/mol. The molecule has 1 unspecified atom stereocenters. The normalized spacial score (nSPS) is 19.0. The maximum atomic E-state index is 9.20. The van der Waals surface area contributed by atoms with Gasteiger partial charge in [0.15, 0.2) is 0 Å². The third-order valence-electron chi connectivity index (χ3n) is 3.62. The number of nitriles is 1. The molecular formula is C14H27N3. The Morgan fingerprint density at radius 3 is 2.65 bits per heavy atom. The molecule has 3 heteroatoms. The van der Waals surface area contributed by atoms with Crippen molar-refractivity contribution in [2.24, 2.45) is 0 Å². The summed E-state index contributed by atoms with van der Waals surface area (Å²) in [5.74, 6) is 0. The van der Waals surface area contributed by atoms with E-state index in [0.29, 0.717) is 0 Å². The van der Waals surface area contributed by atoms with Gasteiger partial charge < -0.3 is 4.90 Å². The minimum absolute atomic E-state index is 0.325. The third kappa shape index (κ3) is 5.52. The summed E-state index contributed by atoms with van der Waals surface area (Å²) in [6.45, 7) is 6.27. The summed E-state index contributed by atoms with van der Waals surface area (Å²) >= 11 is 0. The van der Waals surface area contributed by atoms with Crippen molar-refractivity contribution in [3.63, 3.8) is 0 Å². The fourth-order valence-electron chi connectivity index (χ4n) is 2.12. The summed E-state index contributed by atoms with van der Waals surface area (Å²) in [6.07, 6.45) is 7.15. The average Bonchev–Trinajstić information content (AvgIpc) is 3.16. The van der Waals surface area contributed by atoms with Crippen LogP contribution in [-0.4, -0.2) is 36.6 Å². The van der Waals surface area contributed by atoms with Crippen LogP contribution in [0.5, 0.6) is 0 Å². The lowest BCUT2D eigenvalue weighted by atomic mass is 9.96. The van der Waals surface area contributed by atoms with E-state index in [4.69, 9.17) is 0 Å². The van der Waals surface area contributed by atoms with Crippen LogP contribution in [0.2, 0.25) is 0 Å². The molecule has 0 amide bonds. The predicted octanol–water partition coefficient (Wildman–Crippen LogP) is 2.53. The summed E-state index contributed by atoms with van der Waals surface area (Å²) in [5.41, 5.74) is -0.325. The van der Waals surface area contributed by atoms with Gasteiger partial charge in [0.2, 0.25) is 0 Å². The summed E-state index contributed by atoms with van der Waals surface area (Å²) in [5, 5.41) is 12.5. The molecule has 1 rings (SSSR count). The first-order chi connectivity index (χ1) is 8.11. The van der Waals surface area contributed by atoms with Crippen LogP contribution in [-0.2, 0) is 0 Å². The third-order valence-corrected chi connectivity index (χ3v) is 3.62. The maximum Gasteiger partial charge on any atom is 0.103 e. The first kappa shape index (κ1) is 14.5. The molecule has 1 saturated carbocycles. The smallest absolute Gasteiger partial charge is 0.103 e. The Morgan fingerprint density at radius 2 is 2.12 bits per heavy atom. The van der Waals surface area contributed by atoms with Crippen molar-refractivity contribution in [1.29, 1.82) is 5.26 Å². The van der Waals surface area contributed by atoms with Crippen LogP contribution in [0, 0.1) is 11.3 Å². The van der Waals surface area contributed by atoms with Gasteiger partial charge in [-0.1, -0.05) is 6.92 Å². The Balaban J connectivity index is 2.12. The molecule has 98 valence electrons. The molecule has 0 saturated heterocycles. The van der Waals surface area contributed by atoms with E-state index in [0.717, 1.165) is 31.8 Å². The number of rotatable bonds is 9. The van der Waals surface area contributed by atoms with Crippen LogP contribution < -0.4 is 5.32 Å². The summed E-state index contributed by atoms with van der Waals surface area (Å²) in [6, 6.07) is 3.27. The lowest BCUT2D eigenvalue weighted by molar-refractivity contribution is 0.305. The molecule has 0 aromatic heterocycles. The van der Waals surface area contributed by atoms with Gasteiger partial charge in [-0.05, 0) is 65.6 Å². The molecule has 0 heterocycles. The molecule has 0 spiro atoms. The van der Waals surface area contributed by atoms with Gasteiger partial charge in [0, 0.05) is 6.04 Å². The molecule has 1 aliphatic carbocycles. The second-order valence-electron chi connectivity index (χ2n) is 5.54. The first-order valence-corrected chi connectivity index (χ1v) is 6.98. The Hall–Kier alpha value is -0.590. The van der Waals surface area contributed by atoms with E-state index < -0.39 is 0 Å². The Morgan fingerprint density at radius 1 is 1.41 bits per heavy atom. The van der Waals surface area contributed by atoms with Crippen molar-refractivity contribution in [3.05, 3.63) is 0 Å². The number of hydrogen-bond donors (Lipinski definition) is 1. The lowest BCUT2D eigenvalue weighted by Crippen LogP contribution is -2.41. The average molecular weight is 237 g/mol. The highest BCUT2D eigenvalue weighted by Crippen LogP contribution is 2.25. The van der Waals surface area contributed by atoms with Crippen LogP contribution in [0.3, 0.4) is 0 Å². The van der Waals surface area contributed by atoms with Gasteiger partial charge in [-0.25, -0.2) is 0 Å². The molecule has 0 bridgehead atoms. The van der Waals surface area contributed by atoms with Crippen LogP contribution in [0.1, 0.15) is 52.4 Å². The lowest BCUT2D eigenvalue weighted by Gasteiger charge is -2.23. The summed E-state index contributed by atoms with van der Waals surface area (Å²) in [4.78, 5) is 2.46. The maximum absolute atomic E-state index is 9.20. The van der Waals surface area contributed by atoms with Crippen LogP contribution in [0.15, 0.2) is 0 Å². The molecule has 0 aliphatic heterocycles. The SMILES string of the molecule is CCCNC(C)(C#N)CCCCN(C)C1CC1. The largest absolute Gasteiger partial charge is 0.303 e. The highest BCUT2D eigenvalue weighted by Gasteiger charge is 2.26. The van der Waals surface area contributed by atoms with Crippen molar-refractivity contribution >= 4 is 0 Å². The quantitative estimate of drug-likeness (QED) is 0.626. The molecule has 0 radical (unpaired) electrons. The van der Waals surface area contributed by atoms with E-state index in [1.807, 2.05) is 6.92 Å². The standard InChI is InChI=1S/C14H27N3/c1-4-10-16-14(2,12-15)9-5-6-11-17(3)13-7-8-13/h13,16H,4-11H2,1-3H3. The fourth-order valence-corrected chi connectivity index (χ4v) is 2.12. The molecule has 1 atom stereocenters. The molecule has 0 aromatic carbocycles. The van der Waals surface area contributed by atoms with Crippen molar-refractivity contribution in [2.45, 2.75) is 64.0 Å². The molecular weight excluding hydrogens is 210 g/mol. The number of nitrogens with one attached hydrogen (secondary N) is 1. The van der Waals surface area contributed by atoms with Crippen LogP contribution in [0.25, 0.3) is 0 Å². The molecule has 0 aromatic rings. The van der Waals surface area contributed by atoms with Gasteiger partial charge in [-0.15, -0.1) is 0 Å². The van der Waals surface area contributed by atoms with E-state index in [9.17, 15) is 5.26 Å². The predicted molar refractivity (Wildman–Crippen MR) is 71.8 cm³/mol. The second kappa shape index (κ2) is 6.98. The number of hydrogen-bond acceptors (Lipinski definition) is 3. The minimum atomic E-state index is -0.325. The highest BCUT2D eigenvalue weighted by atomic mass is 15.1. The van der Waals surface area contributed by atoms with Gasteiger partial charge in [-0.2, -0.15) is 5.26 Å². The summed E-state index contributed by atoms with van der Waals surface area (Å²) in [7, 11) is 2.22. The fraction of sp³-hybridized carbons (Fsp3) is 0.929. The second-order valence-corrected chi connectivity index (χ2v) is 5.54. The van der Waals surface area contributed by atoms with E-state index in [1.54, 1.807) is 0 Å². The molecule has 1 fully saturated rings. The summed E-state index contributed by atoms with van der Waals surface area (Å²) < 4.78 is 0. The van der Waals surface area contributed by atoms with Crippen molar-refractivity contribution in [1.82, 2.24) is 10.2 Å². The molecule has 1 aliphatic rings.